The molecule has 20 heavy (non-hydrogen) atoms. The summed E-state index contributed by atoms with van der Waals surface area (Å²) in [6.07, 6.45) is 1.87. The van der Waals surface area contributed by atoms with Gasteiger partial charge in [0.2, 0.25) is 0 Å². The second-order valence-corrected chi connectivity index (χ2v) is 5.40. The maximum Gasteiger partial charge on any atom is 0.182 e. The lowest BCUT2D eigenvalue weighted by Crippen LogP contribution is -2.09. The molecule has 1 aromatic heterocycles. The number of hydrogen-bond donors (Lipinski definition) is 0. The number of rotatable bonds is 3. The molecule has 0 aliphatic heterocycles. The molecule has 3 aromatic rings. The van der Waals surface area contributed by atoms with Gasteiger partial charge >= 0.3 is 0 Å². The van der Waals surface area contributed by atoms with Crippen LogP contribution < -0.4 is 0 Å². The average Bonchev–Trinajstić information content (AvgIpc) is 2.83. The second kappa shape index (κ2) is 5.21. The number of ketones is 1. The van der Waals surface area contributed by atoms with Gasteiger partial charge in [-0.2, -0.15) is 0 Å². The molecule has 0 unspecified atom stereocenters. The lowest BCUT2D eigenvalue weighted by molar-refractivity contribution is 0.0973. The molecule has 0 saturated heterocycles. The topological polar surface area (TPSA) is 22.0 Å². The summed E-state index contributed by atoms with van der Waals surface area (Å²) in [4.78, 5) is 12.2. The molecule has 0 fully saturated rings. The Hall–Kier alpha value is -1.94. The van der Waals surface area contributed by atoms with Crippen LogP contribution in [0.25, 0.3) is 10.9 Å². The summed E-state index contributed by atoms with van der Waals surface area (Å²) in [6.45, 7) is 0.198. The molecule has 0 N–H and O–H groups in total. The minimum atomic E-state index is -0.393. The monoisotopic (exact) mass is 331 g/mol. The molecule has 0 aliphatic rings. The van der Waals surface area contributed by atoms with Crippen molar-refractivity contribution in [3.63, 3.8) is 0 Å². The Morgan fingerprint density at radius 1 is 1.15 bits per heavy atom. The number of benzene rings is 2. The van der Waals surface area contributed by atoms with Gasteiger partial charge in [0.15, 0.2) is 5.78 Å². The molecule has 1 heterocycles. The molecule has 3 rings (SSSR count). The van der Waals surface area contributed by atoms with E-state index in [1.165, 1.54) is 12.1 Å². The SMILES string of the molecule is O=C(Cn1ccc2c(Br)cccc21)c1cccc(F)c1. The van der Waals surface area contributed by atoms with Gasteiger partial charge in [0.1, 0.15) is 5.82 Å². The molecule has 2 nitrogen and oxygen atoms in total. The first-order valence-corrected chi connectivity index (χ1v) is 6.96. The van der Waals surface area contributed by atoms with Crippen LogP contribution >= 0.6 is 15.9 Å². The molecule has 0 saturated carbocycles. The van der Waals surface area contributed by atoms with E-state index in [9.17, 15) is 9.18 Å². The lowest BCUT2D eigenvalue weighted by atomic mass is 10.1. The first-order valence-electron chi connectivity index (χ1n) is 6.17. The maximum atomic E-state index is 13.1. The van der Waals surface area contributed by atoms with Crippen LogP contribution in [0.15, 0.2) is 59.2 Å². The van der Waals surface area contributed by atoms with Gasteiger partial charge in [0.05, 0.1) is 6.54 Å². The summed E-state index contributed by atoms with van der Waals surface area (Å²) in [5, 5.41) is 1.06. The highest BCUT2D eigenvalue weighted by molar-refractivity contribution is 9.10. The Bertz CT molecular complexity index is 794. The van der Waals surface area contributed by atoms with Gasteiger partial charge in [0.25, 0.3) is 0 Å². The van der Waals surface area contributed by atoms with Crippen molar-refractivity contribution in [3.05, 3.63) is 70.6 Å². The lowest BCUT2D eigenvalue weighted by Gasteiger charge is -2.05. The molecule has 0 radical (unpaired) electrons. The smallest absolute Gasteiger partial charge is 0.182 e. The predicted octanol–water partition coefficient (Wildman–Crippen LogP) is 4.43. The fourth-order valence-electron chi connectivity index (χ4n) is 2.23. The van der Waals surface area contributed by atoms with Gasteiger partial charge in [-0.25, -0.2) is 4.39 Å². The predicted molar refractivity (Wildman–Crippen MR) is 80.4 cm³/mol. The summed E-state index contributed by atoms with van der Waals surface area (Å²) in [7, 11) is 0. The second-order valence-electron chi connectivity index (χ2n) is 4.55. The molecule has 0 atom stereocenters. The van der Waals surface area contributed by atoms with Crippen LogP contribution in [0.3, 0.4) is 0 Å². The Balaban J connectivity index is 1.94. The van der Waals surface area contributed by atoms with Crippen molar-refractivity contribution in [1.82, 2.24) is 4.57 Å². The van der Waals surface area contributed by atoms with Gasteiger partial charge in [-0.3, -0.25) is 4.79 Å². The van der Waals surface area contributed by atoms with E-state index in [-0.39, 0.29) is 12.3 Å². The van der Waals surface area contributed by atoms with E-state index in [4.69, 9.17) is 0 Å². The van der Waals surface area contributed by atoms with E-state index in [1.807, 2.05) is 35.0 Å². The van der Waals surface area contributed by atoms with Gasteiger partial charge in [-0.1, -0.05) is 34.1 Å². The van der Waals surface area contributed by atoms with Crippen molar-refractivity contribution in [2.24, 2.45) is 0 Å². The van der Waals surface area contributed by atoms with E-state index in [1.54, 1.807) is 12.1 Å². The summed E-state index contributed by atoms with van der Waals surface area (Å²) < 4.78 is 16.0. The zero-order chi connectivity index (χ0) is 14.1. The van der Waals surface area contributed by atoms with Gasteiger partial charge in [-0.15, -0.1) is 0 Å². The summed E-state index contributed by atoms with van der Waals surface area (Å²) in [6, 6.07) is 13.6. The van der Waals surface area contributed by atoms with Crippen LogP contribution in [-0.4, -0.2) is 10.4 Å². The molecule has 0 aliphatic carbocycles. The highest BCUT2D eigenvalue weighted by atomic mass is 79.9. The number of carbonyl (C=O) groups is 1. The van der Waals surface area contributed by atoms with Gasteiger partial charge < -0.3 is 4.57 Å². The zero-order valence-electron chi connectivity index (χ0n) is 10.5. The maximum absolute atomic E-state index is 13.1. The molecular formula is C16H11BrFNO. The van der Waals surface area contributed by atoms with Crippen LogP contribution in [-0.2, 0) is 6.54 Å². The normalized spacial score (nSPS) is 10.9. The highest BCUT2D eigenvalue weighted by Gasteiger charge is 2.10. The average molecular weight is 332 g/mol. The Morgan fingerprint density at radius 3 is 2.75 bits per heavy atom. The first-order chi connectivity index (χ1) is 9.65. The van der Waals surface area contributed by atoms with Crippen molar-refractivity contribution < 1.29 is 9.18 Å². The number of hydrogen-bond acceptors (Lipinski definition) is 1. The van der Waals surface area contributed by atoms with Crippen molar-refractivity contribution in [3.8, 4) is 0 Å². The number of carbonyl (C=O) groups excluding carboxylic acids is 1. The van der Waals surface area contributed by atoms with Crippen LogP contribution in [0, 0.1) is 5.82 Å². The summed E-state index contributed by atoms with van der Waals surface area (Å²) in [5.74, 6) is -0.502. The first kappa shape index (κ1) is 13.1. The van der Waals surface area contributed by atoms with Crippen LogP contribution in [0.2, 0.25) is 0 Å². The number of fused-ring (bicyclic) bond motifs is 1. The number of aromatic nitrogens is 1. The Morgan fingerprint density at radius 2 is 1.95 bits per heavy atom. The number of halogens is 2. The van der Waals surface area contributed by atoms with Crippen LogP contribution in [0.5, 0.6) is 0 Å². The van der Waals surface area contributed by atoms with E-state index in [0.717, 1.165) is 15.4 Å². The molecule has 100 valence electrons. The molecular weight excluding hydrogens is 321 g/mol. The Kier molecular flexibility index (Phi) is 3.40. The molecule has 0 amide bonds. The van der Waals surface area contributed by atoms with Crippen LogP contribution in [0.4, 0.5) is 4.39 Å². The Labute approximate surface area is 124 Å². The zero-order valence-corrected chi connectivity index (χ0v) is 12.1. The minimum Gasteiger partial charge on any atom is -0.340 e. The third kappa shape index (κ3) is 2.39. The third-order valence-electron chi connectivity index (χ3n) is 3.22. The summed E-state index contributed by atoms with van der Waals surface area (Å²) >= 11 is 3.48. The van der Waals surface area contributed by atoms with Crippen molar-refractivity contribution in [2.45, 2.75) is 6.54 Å². The van der Waals surface area contributed by atoms with Crippen molar-refractivity contribution in [1.29, 1.82) is 0 Å². The van der Waals surface area contributed by atoms with Crippen molar-refractivity contribution in [2.75, 3.05) is 0 Å². The third-order valence-corrected chi connectivity index (χ3v) is 3.91. The largest absolute Gasteiger partial charge is 0.340 e. The molecule has 0 spiro atoms. The number of nitrogens with zero attached hydrogens (tertiary/aromatic N) is 1. The van der Waals surface area contributed by atoms with E-state index in [0.29, 0.717) is 5.56 Å². The standard InChI is InChI=1S/C16H11BrFNO/c17-14-5-2-6-15-13(14)7-8-19(15)10-16(20)11-3-1-4-12(18)9-11/h1-9H,10H2. The summed E-state index contributed by atoms with van der Waals surface area (Å²) in [5.41, 5.74) is 1.37. The van der Waals surface area contributed by atoms with Gasteiger partial charge in [-0.05, 0) is 30.3 Å². The van der Waals surface area contributed by atoms with Crippen molar-refractivity contribution >= 4 is 32.6 Å². The van der Waals surface area contributed by atoms with Crippen LogP contribution in [0.1, 0.15) is 10.4 Å². The molecule has 0 bridgehead atoms. The fraction of sp³-hybridized carbons (Fsp3) is 0.0625. The number of Topliss-reactive ketones (excluding diaryl/α,β-unsaturated/α-hetero) is 1. The van der Waals surface area contributed by atoms with E-state index < -0.39 is 5.82 Å². The highest BCUT2D eigenvalue weighted by Crippen LogP contribution is 2.24. The fourth-order valence-corrected chi connectivity index (χ4v) is 2.72. The molecule has 2 aromatic carbocycles. The molecule has 4 heteroatoms. The van der Waals surface area contributed by atoms with E-state index in [2.05, 4.69) is 15.9 Å². The van der Waals surface area contributed by atoms with E-state index >= 15 is 0 Å². The quantitative estimate of drug-likeness (QED) is 0.651. The minimum absolute atomic E-state index is 0.109. The van der Waals surface area contributed by atoms with Gasteiger partial charge in [0, 0.05) is 27.1 Å².